The van der Waals surface area contributed by atoms with Crippen LogP contribution >= 0.6 is 11.8 Å². The van der Waals surface area contributed by atoms with E-state index in [-0.39, 0.29) is 11.4 Å². The number of benzene rings is 1. The third-order valence-electron chi connectivity index (χ3n) is 3.58. The molecule has 2 heterocycles. The van der Waals surface area contributed by atoms with Crippen molar-refractivity contribution >= 4 is 17.7 Å². The number of rotatable bonds is 7. The second-order valence-corrected chi connectivity index (χ2v) is 6.19. The fraction of sp³-hybridized carbons (Fsp3) is 0.235. The summed E-state index contributed by atoms with van der Waals surface area (Å²) in [7, 11) is 1.30. The number of hydrogen-bond acceptors (Lipinski definition) is 6. The summed E-state index contributed by atoms with van der Waals surface area (Å²) >= 11 is 1.36. The molecule has 1 aromatic carbocycles. The molecule has 25 heavy (non-hydrogen) atoms. The van der Waals surface area contributed by atoms with E-state index in [4.69, 9.17) is 4.42 Å². The van der Waals surface area contributed by atoms with E-state index in [1.54, 1.807) is 16.7 Å². The van der Waals surface area contributed by atoms with Crippen LogP contribution in [0.3, 0.4) is 0 Å². The molecule has 3 aromatic rings. The lowest BCUT2D eigenvalue weighted by atomic mass is 10.1. The Labute approximate surface area is 148 Å². The zero-order valence-electron chi connectivity index (χ0n) is 13.6. The van der Waals surface area contributed by atoms with Gasteiger partial charge in [0.25, 0.3) is 0 Å². The van der Waals surface area contributed by atoms with E-state index in [9.17, 15) is 9.59 Å². The van der Waals surface area contributed by atoms with Gasteiger partial charge < -0.3 is 9.15 Å². The quantitative estimate of drug-likeness (QED) is 0.515. The minimum Gasteiger partial charge on any atom is -0.463 e. The Morgan fingerprint density at radius 3 is 2.84 bits per heavy atom. The average Bonchev–Trinajstić information content (AvgIpc) is 3.25. The number of aromatic nitrogens is 3. The number of H-pyrrole nitrogens is 1. The first-order chi connectivity index (χ1) is 12.2. The van der Waals surface area contributed by atoms with Gasteiger partial charge in [0, 0.05) is 6.54 Å². The molecule has 0 amide bonds. The topological polar surface area (TPSA) is 90.1 Å². The van der Waals surface area contributed by atoms with Gasteiger partial charge in [-0.1, -0.05) is 42.1 Å². The number of esters is 1. The number of thioether (sulfide) groups is 1. The van der Waals surface area contributed by atoms with E-state index < -0.39 is 5.97 Å². The van der Waals surface area contributed by atoms with E-state index in [1.807, 2.05) is 30.3 Å². The molecule has 0 aliphatic rings. The van der Waals surface area contributed by atoms with Crippen molar-refractivity contribution in [2.45, 2.75) is 23.9 Å². The number of nitrogens with one attached hydrogen (secondary N) is 1. The zero-order chi connectivity index (χ0) is 17.6. The van der Waals surface area contributed by atoms with Crippen molar-refractivity contribution in [1.82, 2.24) is 14.8 Å². The Morgan fingerprint density at radius 2 is 2.08 bits per heavy atom. The maximum absolute atomic E-state index is 12.0. The van der Waals surface area contributed by atoms with Gasteiger partial charge in [-0.05, 0) is 24.1 Å². The number of aryl methyl sites for hydroxylation is 1. The first-order valence-electron chi connectivity index (χ1n) is 7.66. The molecule has 0 saturated heterocycles. The van der Waals surface area contributed by atoms with Crippen molar-refractivity contribution in [2.75, 3.05) is 7.11 Å². The van der Waals surface area contributed by atoms with Crippen LogP contribution in [0, 0.1) is 0 Å². The minimum atomic E-state index is -0.518. The molecule has 0 unspecified atom stereocenters. The molecule has 2 aromatic heterocycles. The predicted molar refractivity (Wildman–Crippen MR) is 92.6 cm³/mol. The summed E-state index contributed by atoms with van der Waals surface area (Å²) < 4.78 is 11.6. The summed E-state index contributed by atoms with van der Waals surface area (Å²) in [4.78, 5) is 23.3. The Balaban J connectivity index is 1.64. The van der Waals surface area contributed by atoms with Gasteiger partial charge in [0.2, 0.25) is 5.76 Å². The average molecular weight is 359 g/mol. The standard InChI is InChI=1S/C17H17N3O4S/c1-23-15(21)14-8-7-13(24-14)11-25-17-19-18-16(22)20(17)10-9-12-5-3-2-4-6-12/h2-8H,9-11H2,1H3,(H,18,22). The van der Waals surface area contributed by atoms with E-state index in [0.29, 0.717) is 23.2 Å². The molecule has 0 aliphatic heterocycles. The number of ether oxygens (including phenoxy) is 1. The highest BCUT2D eigenvalue weighted by Crippen LogP contribution is 2.21. The fourth-order valence-electron chi connectivity index (χ4n) is 2.30. The minimum absolute atomic E-state index is 0.154. The van der Waals surface area contributed by atoms with Crippen LogP contribution < -0.4 is 5.69 Å². The molecule has 0 aliphatic carbocycles. The summed E-state index contributed by atoms with van der Waals surface area (Å²) in [6, 6.07) is 13.2. The van der Waals surface area contributed by atoms with Crippen LogP contribution in [0.4, 0.5) is 0 Å². The largest absolute Gasteiger partial charge is 0.463 e. The van der Waals surface area contributed by atoms with Crippen LogP contribution in [0.15, 0.2) is 56.8 Å². The van der Waals surface area contributed by atoms with Gasteiger partial charge in [-0.3, -0.25) is 4.57 Å². The van der Waals surface area contributed by atoms with Crippen molar-refractivity contribution in [3.63, 3.8) is 0 Å². The molecule has 0 atom stereocenters. The summed E-state index contributed by atoms with van der Waals surface area (Å²) in [6.45, 7) is 0.535. The SMILES string of the molecule is COC(=O)c1ccc(CSc2n[nH]c(=O)n2CCc2ccccc2)o1. The molecular weight excluding hydrogens is 342 g/mol. The van der Waals surface area contributed by atoms with E-state index in [2.05, 4.69) is 14.9 Å². The van der Waals surface area contributed by atoms with Crippen molar-refractivity contribution in [2.24, 2.45) is 0 Å². The van der Waals surface area contributed by atoms with Gasteiger partial charge in [0.15, 0.2) is 5.16 Å². The van der Waals surface area contributed by atoms with Crippen LogP contribution in [-0.4, -0.2) is 27.8 Å². The smallest absolute Gasteiger partial charge is 0.373 e. The number of hydrogen-bond donors (Lipinski definition) is 1. The van der Waals surface area contributed by atoms with Gasteiger partial charge in [0.1, 0.15) is 5.76 Å². The summed E-state index contributed by atoms with van der Waals surface area (Å²) in [6.07, 6.45) is 0.737. The Morgan fingerprint density at radius 1 is 1.28 bits per heavy atom. The zero-order valence-corrected chi connectivity index (χ0v) is 14.4. The molecule has 0 fully saturated rings. The van der Waals surface area contributed by atoms with Crippen molar-refractivity contribution in [1.29, 1.82) is 0 Å². The number of nitrogens with zero attached hydrogens (tertiary/aromatic N) is 2. The van der Waals surface area contributed by atoms with Gasteiger partial charge in [-0.25, -0.2) is 14.7 Å². The second kappa shape index (κ2) is 7.89. The van der Waals surface area contributed by atoms with Crippen molar-refractivity contribution in [3.8, 4) is 0 Å². The predicted octanol–water partition coefficient (Wildman–Crippen LogP) is 2.49. The van der Waals surface area contributed by atoms with Crippen molar-refractivity contribution < 1.29 is 13.9 Å². The molecule has 7 nitrogen and oxygen atoms in total. The molecular formula is C17H17N3O4S. The van der Waals surface area contributed by atoms with E-state index in [0.717, 1.165) is 12.0 Å². The van der Waals surface area contributed by atoms with Gasteiger partial charge >= 0.3 is 11.7 Å². The lowest BCUT2D eigenvalue weighted by molar-refractivity contribution is 0.0563. The maximum Gasteiger partial charge on any atom is 0.373 e. The highest BCUT2D eigenvalue weighted by molar-refractivity contribution is 7.98. The van der Waals surface area contributed by atoms with Crippen molar-refractivity contribution in [3.05, 3.63) is 70.0 Å². The molecule has 3 rings (SSSR count). The lowest BCUT2D eigenvalue weighted by Gasteiger charge is -2.05. The van der Waals surface area contributed by atoms with Gasteiger partial charge in [-0.2, -0.15) is 0 Å². The molecule has 0 spiro atoms. The van der Waals surface area contributed by atoms with Crippen LogP contribution in [0.25, 0.3) is 0 Å². The number of aromatic amines is 1. The first-order valence-corrected chi connectivity index (χ1v) is 8.65. The second-order valence-electron chi connectivity index (χ2n) is 5.24. The van der Waals surface area contributed by atoms with E-state index >= 15 is 0 Å². The summed E-state index contributed by atoms with van der Waals surface area (Å²) in [5.41, 5.74) is 0.911. The molecule has 1 N–H and O–H groups in total. The third-order valence-corrected chi connectivity index (χ3v) is 4.58. The number of carbonyl (C=O) groups is 1. The molecule has 0 radical (unpaired) electrons. The van der Waals surface area contributed by atoms with Gasteiger partial charge in [-0.15, -0.1) is 5.10 Å². The fourth-order valence-corrected chi connectivity index (χ4v) is 3.16. The van der Waals surface area contributed by atoms with Crippen LogP contribution in [0.1, 0.15) is 21.9 Å². The first kappa shape index (κ1) is 17.1. The normalized spacial score (nSPS) is 10.8. The lowest BCUT2D eigenvalue weighted by Crippen LogP contribution is -2.18. The summed E-state index contributed by atoms with van der Waals surface area (Å²) in [5.74, 6) is 0.694. The number of furan rings is 1. The van der Waals surface area contributed by atoms with Gasteiger partial charge in [0.05, 0.1) is 12.9 Å². The van der Waals surface area contributed by atoms with Crippen LogP contribution in [-0.2, 0) is 23.5 Å². The van der Waals surface area contributed by atoms with E-state index in [1.165, 1.54) is 18.9 Å². The Bertz CT molecular complexity index is 898. The Kier molecular flexibility index (Phi) is 5.39. The highest BCUT2D eigenvalue weighted by Gasteiger charge is 2.13. The maximum atomic E-state index is 12.0. The van der Waals surface area contributed by atoms with Crippen LogP contribution in [0.2, 0.25) is 0 Å². The van der Waals surface area contributed by atoms with Crippen LogP contribution in [0.5, 0.6) is 0 Å². The monoisotopic (exact) mass is 359 g/mol. The number of carbonyl (C=O) groups excluding carboxylic acids is 1. The molecule has 130 valence electrons. The highest BCUT2D eigenvalue weighted by atomic mass is 32.2. The Hall–Kier alpha value is -2.74. The summed E-state index contributed by atoms with van der Waals surface area (Å²) in [5, 5.41) is 7.11. The molecule has 0 saturated carbocycles. The number of methoxy groups -OCH3 is 1. The molecule has 0 bridgehead atoms. The third kappa shape index (κ3) is 4.21. The molecule has 8 heteroatoms.